The maximum atomic E-state index is 12.4. The molecule has 5 aromatic rings. The van der Waals surface area contributed by atoms with E-state index >= 15 is 0 Å². The van der Waals surface area contributed by atoms with Crippen molar-refractivity contribution in [2.24, 2.45) is 0 Å². The molecule has 0 spiro atoms. The van der Waals surface area contributed by atoms with Crippen LogP contribution in [0.5, 0.6) is 5.75 Å². The molecule has 0 aliphatic carbocycles. The third-order valence-corrected chi connectivity index (χ3v) is 6.56. The molecule has 2 aromatic carbocycles. The molecule has 1 amide bonds. The number of unbranched alkanes of at least 4 members (excludes halogenated alkanes) is 1. The van der Waals surface area contributed by atoms with Gasteiger partial charge in [-0.15, -0.1) is 10.2 Å². The third-order valence-electron chi connectivity index (χ3n) is 5.36. The number of halogens is 1. The topological polar surface area (TPSA) is 85.8 Å². The second kappa shape index (κ2) is 10.4. The number of carbonyl (C=O) groups is 1. The summed E-state index contributed by atoms with van der Waals surface area (Å²) in [6, 6.07) is 16.9. The first-order valence-corrected chi connectivity index (χ1v) is 12.6. The molecule has 3 heterocycles. The van der Waals surface area contributed by atoms with Crippen LogP contribution in [0.15, 0.2) is 72.1 Å². The van der Waals surface area contributed by atoms with Gasteiger partial charge in [0.25, 0.3) is 0 Å². The van der Waals surface area contributed by atoms with E-state index in [-0.39, 0.29) is 11.7 Å². The highest BCUT2D eigenvalue weighted by Crippen LogP contribution is 2.26. The Labute approximate surface area is 211 Å². The summed E-state index contributed by atoms with van der Waals surface area (Å²) in [6.45, 7) is 2.86. The molecule has 1 N–H and O–H groups in total. The molecule has 0 fully saturated rings. The van der Waals surface area contributed by atoms with Crippen LogP contribution in [0.1, 0.15) is 19.8 Å². The third kappa shape index (κ3) is 5.26. The number of carbonyl (C=O) groups excluding carboxylic acids is 1. The van der Waals surface area contributed by atoms with Crippen LogP contribution in [-0.2, 0) is 4.79 Å². The number of hydrogen-bond donors (Lipinski definition) is 1. The quantitative estimate of drug-likeness (QED) is 0.207. The van der Waals surface area contributed by atoms with Gasteiger partial charge in [-0.05, 0) is 61.0 Å². The number of anilines is 1. The minimum atomic E-state index is -0.135. The normalized spacial score (nSPS) is 11.3. The monoisotopic (exact) mass is 506 g/mol. The molecule has 178 valence electrons. The van der Waals surface area contributed by atoms with Gasteiger partial charge < -0.3 is 10.1 Å². The Morgan fingerprint density at radius 3 is 2.66 bits per heavy atom. The smallest absolute Gasteiger partial charge is 0.234 e. The van der Waals surface area contributed by atoms with Crippen LogP contribution in [0.4, 0.5) is 5.69 Å². The van der Waals surface area contributed by atoms with Crippen LogP contribution in [0.3, 0.4) is 0 Å². The van der Waals surface area contributed by atoms with Crippen molar-refractivity contribution in [1.29, 1.82) is 0 Å². The summed E-state index contributed by atoms with van der Waals surface area (Å²) in [5, 5.41) is 17.4. The maximum Gasteiger partial charge on any atom is 0.234 e. The van der Waals surface area contributed by atoms with E-state index in [1.165, 1.54) is 11.8 Å². The summed E-state index contributed by atoms with van der Waals surface area (Å²) in [5.74, 6) is 0.919. The fraction of sp³-hybridized carbons (Fsp3) is 0.200. The molecule has 0 aliphatic rings. The molecule has 0 unspecified atom stereocenters. The molecule has 0 saturated carbocycles. The molecule has 0 aliphatic heterocycles. The lowest BCUT2D eigenvalue weighted by Gasteiger charge is -2.05. The summed E-state index contributed by atoms with van der Waals surface area (Å²) in [7, 11) is 0. The number of nitrogens with zero attached hydrogens (tertiary/aromatic N) is 5. The Morgan fingerprint density at radius 2 is 1.89 bits per heavy atom. The Hall–Kier alpha value is -3.56. The highest BCUT2D eigenvalue weighted by molar-refractivity contribution is 7.99. The number of aromatic nitrogens is 5. The van der Waals surface area contributed by atoms with Crippen LogP contribution in [0.2, 0.25) is 5.02 Å². The van der Waals surface area contributed by atoms with E-state index in [1.54, 1.807) is 28.8 Å². The predicted molar refractivity (Wildman–Crippen MR) is 138 cm³/mol. The Balaban J connectivity index is 1.30. The Morgan fingerprint density at radius 1 is 1.09 bits per heavy atom. The number of benzene rings is 2. The van der Waals surface area contributed by atoms with Crippen molar-refractivity contribution < 1.29 is 9.53 Å². The lowest BCUT2D eigenvalue weighted by Crippen LogP contribution is -2.14. The predicted octanol–water partition coefficient (Wildman–Crippen LogP) is 5.61. The van der Waals surface area contributed by atoms with E-state index in [1.807, 2.05) is 47.1 Å². The van der Waals surface area contributed by atoms with Gasteiger partial charge in [-0.1, -0.05) is 36.7 Å². The minimum absolute atomic E-state index is 0.135. The molecule has 0 saturated heterocycles. The number of ether oxygens (including phenoxy) is 1. The zero-order valence-corrected chi connectivity index (χ0v) is 20.6. The standard InChI is InChI=1S/C25H23ClN6O2S/c1-2-3-14-34-20-10-4-17(5-11-20)21-15-22-24-28-29-25(31(24)12-13-32(22)30-21)35-16-23(33)27-19-8-6-18(26)7-9-19/h4-13,15H,2-3,14,16H2,1H3,(H,27,33). The number of hydrogen-bond acceptors (Lipinski definition) is 6. The van der Waals surface area contributed by atoms with Crippen molar-refractivity contribution in [3.8, 4) is 17.0 Å². The van der Waals surface area contributed by atoms with E-state index < -0.39 is 0 Å². The first-order chi connectivity index (χ1) is 17.1. The van der Waals surface area contributed by atoms with Gasteiger partial charge in [0.15, 0.2) is 10.8 Å². The number of amides is 1. The van der Waals surface area contributed by atoms with Crippen LogP contribution >= 0.6 is 23.4 Å². The molecule has 10 heteroatoms. The molecule has 35 heavy (non-hydrogen) atoms. The molecule has 0 bridgehead atoms. The van der Waals surface area contributed by atoms with E-state index in [0.717, 1.165) is 42.0 Å². The van der Waals surface area contributed by atoms with E-state index in [9.17, 15) is 4.79 Å². The first-order valence-electron chi connectivity index (χ1n) is 11.3. The summed E-state index contributed by atoms with van der Waals surface area (Å²) >= 11 is 7.21. The van der Waals surface area contributed by atoms with Crippen molar-refractivity contribution in [3.63, 3.8) is 0 Å². The molecule has 0 atom stereocenters. The summed E-state index contributed by atoms with van der Waals surface area (Å²) < 4.78 is 9.40. The van der Waals surface area contributed by atoms with Gasteiger partial charge in [-0.3, -0.25) is 9.20 Å². The minimum Gasteiger partial charge on any atom is -0.494 e. The van der Waals surface area contributed by atoms with Gasteiger partial charge >= 0.3 is 0 Å². The summed E-state index contributed by atoms with van der Waals surface area (Å²) in [6.07, 6.45) is 5.85. The summed E-state index contributed by atoms with van der Waals surface area (Å²) in [4.78, 5) is 12.4. The molecular weight excluding hydrogens is 484 g/mol. The first kappa shape index (κ1) is 23.2. The van der Waals surface area contributed by atoms with Crippen molar-refractivity contribution >= 4 is 46.1 Å². The molecule has 3 aromatic heterocycles. The molecule has 0 radical (unpaired) electrons. The Bertz CT molecular complexity index is 1460. The van der Waals surface area contributed by atoms with E-state index in [0.29, 0.717) is 21.5 Å². The fourth-order valence-electron chi connectivity index (χ4n) is 3.55. The lowest BCUT2D eigenvalue weighted by molar-refractivity contribution is -0.113. The van der Waals surface area contributed by atoms with Gasteiger partial charge in [0.2, 0.25) is 5.91 Å². The number of nitrogens with one attached hydrogen (secondary N) is 1. The van der Waals surface area contributed by atoms with Crippen molar-refractivity contribution in [1.82, 2.24) is 24.2 Å². The largest absolute Gasteiger partial charge is 0.494 e. The van der Waals surface area contributed by atoms with E-state index in [2.05, 4.69) is 27.5 Å². The maximum absolute atomic E-state index is 12.4. The Kier molecular flexibility index (Phi) is 6.87. The molecule has 8 nitrogen and oxygen atoms in total. The number of thioether (sulfide) groups is 1. The summed E-state index contributed by atoms with van der Waals surface area (Å²) in [5.41, 5.74) is 4.02. The zero-order chi connectivity index (χ0) is 24.2. The second-order valence-electron chi connectivity index (χ2n) is 7.90. The van der Waals surface area contributed by atoms with Gasteiger partial charge in [-0.25, -0.2) is 4.52 Å². The van der Waals surface area contributed by atoms with Gasteiger partial charge in [0, 0.05) is 28.7 Å². The molecule has 5 rings (SSSR count). The van der Waals surface area contributed by atoms with Gasteiger partial charge in [0.1, 0.15) is 11.3 Å². The van der Waals surface area contributed by atoms with Gasteiger partial charge in [0.05, 0.1) is 18.1 Å². The highest BCUT2D eigenvalue weighted by Gasteiger charge is 2.14. The van der Waals surface area contributed by atoms with Crippen molar-refractivity contribution in [3.05, 3.63) is 72.0 Å². The second-order valence-corrected chi connectivity index (χ2v) is 9.28. The van der Waals surface area contributed by atoms with E-state index in [4.69, 9.17) is 16.3 Å². The average molecular weight is 507 g/mol. The average Bonchev–Trinajstić information content (AvgIpc) is 3.49. The SMILES string of the molecule is CCCCOc1ccc(-c2cc3c4nnc(SCC(=O)Nc5ccc(Cl)cc5)n4ccn3n2)cc1. The lowest BCUT2D eigenvalue weighted by atomic mass is 10.1. The zero-order valence-electron chi connectivity index (χ0n) is 19.0. The van der Waals surface area contributed by atoms with Gasteiger partial charge in [-0.2, -0.15) is 5.10 Å². The van der Waals surface area contributed by atoms with Crippen LogP contribution in [0.25, 0.3) is 22.4 Å². The van der Waals surface area contributed by atoms with Crippen molar-refractivity contribution in [2.75, 3.05) is 17.7 Å². The van der Waals surface area contributed by atoms with Crippen LogP contribution in [0, 0.1) is 0 Å². The molecular formula is C25H23ClN6O2S. The number of rotatable bonds is 9. The number of fused-ring (bicyclic) bond motifs is 3. The van der Waals surface area contributed by atoms with Crippen molar-refractivity contribution in [2.45, 2.75) is 24.9 Å². The van der Waals surface area contributed by atoms with Crippen LogP contribution < -0.4 is 10.1 Å². The van der Waals surface area contributed by atoms with Crippen LogP contribution in [-0.4, -0.2) is 42.5 Å². The fourth-order valence-corrected chi connectivity index (χ4v) is 4.39. The highest BCUT2D eigenvalue weighted by atomic mass is 35.5.